The van der Waals surface area contributed by atoms with E-state index in [9.17, 15) is 18.0 Å². The maximum Gasteiger partial charge on any atom is 0.258 e. The van der Waals surface area contributed by atoms with Crippen molar-refractivity contribution in [3.05, 3.63) is 77.9 Å². The molecule has 0 unspecified atom stereocenters. The van der Waals surface area contributed by atoms with Gasteiger partial charge in [-0.15, -0.1) is 0 Å². The summed E-state index contributed by atoms with van der Waals surface area (Å²) in [6.07, 6.45) is 2.53. The average molecular weight is 329 g/mol. The summed E-state index contributed by atoms with van der Waals surface area (Å²) in [5.74, 6) is -2.31. The molecule has 2 aromatic carbocycles. The normalized spacial score (nSPS) is 10.5. The van der Waals surface area contributed by atoms with Crippen molar-refractivity contribution in [2.45, 2.75) is 0 Å². The maximum atomic E-state index is 13.5. The van der Waals surface area contributed by atoms with Gasteiger partial charge in [0.25, 0.3) is 5.91 Å². The molecule has 1 N–H and O–H groups in total. The number of nitrogens with zero attached hydrogens (tertiary/aromatic N) is 2. The minimum Gasteiger partial charge on any atom is -0.319 e. The Labute approximate surface area is 135 Å². The van der Waals surface area contributed by atoms with E-state index in [1.54, 1.807) is 0 Å². The zero-order chi connectivity index (χ0) is 17.1. The highest BCUT2D eigenvalue weighted by Crippen LogP contribution is 2.17. The fraction of sp³-hybridized carbons (Fsp3) is 0. The molecule has 0 saturated heterocycles. The van der Waals surface area contributed by atoms with E-state index < -0.39 is 17.5 Å². The molecule has 0 saturated carbocycles. The highest BCUT2D eigenvalue weighted by Gasteiger charge is 2.11. The van der Waals surface area contributed by atoms with Gasteiger partial charge >= 0.3 is 0 Å². The van der Waals surface area contributed by atoms with Crippen LogP contribution in [0.2, 0.25) is 0 Å². The molecule has 3 rings (SSSR count). The van der Waals surface area contributed by atoms with Crippen LogP contribution in [0.15, 0.2) is 54.9 Å². The fourth-order valence-electron chi connectivity index (χ4n) is 1.98. The summed E-state index contributed by atoms with van der Waals surface area (Å²) in [7, 11) is 0. The molecule has 7 heteroatoms. The van der Waals surface area contributed by atoms with Crippen LogP contribution in [-0.4, -0.2) is 15.9 Å². The molecule has 1 amide bonds. The highest BCUT2D eigenvalue weighted by molar-refractivity contribution is 6.04. The third-order valence-electron chi connectivity index (χ3n) is 3.20. The van der Waals surface area contributed by atoms with E-state index in [0.717, 1.165) is 12.1 Å². The lowest BCUT2D eigenvalue weighted by Gasteiger charge is -2.06. The van der Waals surface area contributed by atoms with Crippen LogP contribution in [0.4, 0.5) is 18.9 Å². The van der Waals surface area contributed by atoms with Gasteiger partial charge in [-0.1, -0.05) is 0 Å². The summed E-state index contributed by atoms with van der Waals surface area (Å²) in [5, 5.41) is 2.31. The molecule has 0 aliphatic heterocycles. The number of rotatable bonds is 3. The van der Waals surface area contributed by atoms with Crippen LogP contribution in [0.25, 0.3) is 11.4 Å². The summed E-state index contributed by atoms with van der Waals surface area (Å²) in [5.41, 5.74) is 0.543. The summed E-state index contributed by atoms with van der Waals surface area (Å²) in [6, 6.07) is 8.40. The van der Waals surface area contributed by atoms with Crippen LogP contribution in [0, 0.1) is 17.5 Å². The molecule has 120 valence electrons. The van der Waals surface area contributed by atoms with Crippen molar-refractivity contribution < 1.29 is 18.0 Å². The van der Waals surface area contributed by atoms with Gasteiger partial charge in [0.15, 0.2) is 5.82 Å². The third kappa shape index (κ3) is 3.40. The first-order valence-corrected chi connectivity index (χ1v) is 6.87. The Balaban J connectivity index is 1.77. The van der Waals surface area contributed by atoms with Crippen molar-refractivity contribution in [2.75, 3.05) is 5.32 Å². The first-order chi connectivity index (χ1) is 11.5. The molecule has 24 heavy (non-hydrogen) atoms. The molecular formula is C17H10F3N3O. The van der Waals surface area contributed by atoms with Crippen LogP contribution < -0.4 is 5.32 Å². The predicted molar refractivity (Wildman–Crippen MR) is 81.7 cm³/mol. The second kappa shape index (κ2) is 6.49. The standard InChI is InChI=1S/C17H10F3N3O/c18-12-3-1-10(2-4-12)16-21-8-11(9-22-16)17(24)23-15-6-5-13(19)7-14(15)20/h1-9H,(H,23,24). The number of halogens is 3. The van der Waals surface area contributed by atoms with Crippen LogP contribution >= 0.6 is 0 Å². The SMILES string of the molecule is O=C(Nc1ccc(F)cc1F)c1cnc(-c2ccc(F)cc2)nc1. The van der Waals surface area contributed by atoms with E-state index in [4.69, 9.17) is 0 Å². The number of anilines is 1. The largest absolute Gasteiger partial charge is 0.319 e. The van der Waals surface area contributed by atoms with Gasteiger partial charge in [0.1, 0.15) is 17.5 Å². The molecule has 0 radical (unpaired) electrons. The van der Waals surface area contributed by atoms with Gasteiger partial charge in [-0.2, -0.15) is 0 Å². The van der Waals surface area contributed by atoms with E-state index in [1.165, 1.54) is 36.7 Å². The van der Waals surface area contributed by atoms with E-state index in [-0.39, 0.29) is 17.1 Å². The van der Waals surface area contributed by atoms with E-state index >= 15 is 0 Å². The molecule has 1 aromatic heterocycles. The van der Waals surface area contributed by atoms with Crippen LogP contribution in [0.5, 0.6) is 0 Å². The average Bonchev–Trinajstić information content (AvgIpc) is 2.58. The lowest BCUT2D eigenvalue weighted by molar-refractivity contribution is 0.102. The van der Waals surface area contributed by atoms with Gasteiger partial charge in [-0.3, -0.25) is 4.79 Å². The fourth-order valence-corrected chi connectivity index (χ4v) is 1.98. The highest BCUT2D eigenvalue weighted by atomic mass is 19.1. The van der Waals surface area contributed by atoms with Gasteiger partial charge in [0.2, 0.25) is 0 Å². The van der Waals surface area contributed by atoms with E-state index in [1.807, 2.05) is 0 Å². The number of carbonyl (C=O) groups excluding carboxylic acids is 1. The van der Waals surface area contributed by atoms with Gasteiger partial charge < -0.3 is 5.32 Å². The number of hydrogen-bond donors (Lipinski definition) is 1. The van der Waals surface area contributed by atoms with Crippen molar-refractivity contribution in [1.29, 1.82) is 0 Å². The molecule has 1 heterocycles. The van der Waals surface area contributed by atoms with Crippen molar-refractivity contribution in [2.24, 2.45) is 0 Å². The quantitative estimate of drug-likeness (QED) is 0.795. The Morgan fingerprint density at radius 2 is 1.50 bits per heavy atom. The summed E-state index contributed by atoms with van der Waals surface area (Å²) in [4.78, 5) is 20.1. The zero-order valence-electron chi connectivity index (χ0n) is 12.1. The Kier molecular flexibility index (Phi) is 4.24. The number of benzene rings is 2. The molecule has 0 aliphatic rings. The molecule has 0 spiro atoms. The first kappa shape index (κ1) is 15.7. The van der Waals surface area contributed by atoms with Gasteiger partial charge in [0, 0.05) is 24.0 Å². The summed E-state index contributed by atoms with van der Waals surface area (Å²) in [6.45, 7) is 0. The van der Waals surface area contributed by atoms with Gasteiger partial charge in [-0.05, 0) is 36.4 Å². The number of nitrogens with one attached hydrogen (secondary N) is 1. The van der Waals surface area contributed by atoms with Gasteiger partial charge in [-0.25, -0.2) is 23.1 Å². The Bertz CT molecular complexity index is 881. The topological polar surface area (TPSA) is 54.9 Å². The maximum absolute atomic E-state index is 13.5. The monoisotopic (exact) mass is 329 g/mol. The minimum absolute atomic E-state index is 0.101. The Hall–Kier alpha value is -3.22. The molecule has 0 bridgehead atoms. The van der Waals surface area contributed by atoms with Crippen molar-refractivity contribution in [3.63, 3.8) is 0 Å². The summed E-state index contributed by atoms with van der Waals surface area (Å²) < 4.78 is 39.3. The lowest BCUT2D eigenvalue weighted by atomic mass is 10.2. The second-order valence-electron chi connectivity index (χ2n) is 4.88. The lowest BCUT2D eigenvalue weighted by Crippen LogP contribution is -2.14. The molecule has 4 nitrogen and oxygen atoms in total. The molecule has 0 atom stereocenters. The smallest absolute Gasteiger partial charge is 0.258 e. The molecule has 3 aromatic rings. The number of aromatic nitrogens is 2. The van der Waals surface area contributed by atoms with E-state index in [2.05, 4.69) is 15.3 Å². The molecule has 0 fully saturated rings. The molecule has 0 aliphatic carbocycles. The van der Waals surface area contributed by atoms with E-state index in [0.29, 0.717) is 17.5 Å². The van der Waals surface area contributed by atoms with Crippen LogP contribution in [0.3, 0.4) is 0 Å². The Morgan fingerprint density at radius 1 is 0.875 bits per heavy atom. The number of carbonyl (C=O) groups is 1. The summed E-state index contributed by atoms with van der Waals surface area (Å²) >= 11 is 0. The van der Waals surface area contributed by atoms with Crippen molar-refractivity contribution in [3.8, 4) is 11.4 Å². The Morgan fingerprint density at radius 3 is 2.12 bits per heavy atom. The molecular weight excluding hydrogens is 319 g/mol. The van der Waals surface area contributed by atoms with Crippen molar-refractivity contribution in [1.82, 2.24) is 9.97 Å². The van der Waals surface area contributed by atoms with Crippen LogP contribution in [0.1, 0.15) is 10.4 Å². The zero-order valence-corrected chi connectivity index (χ0v) is 12.1. The number of hydrogen-bond acceptors (Lipinski definition) is 3. The predicted octanol–water partition coefficient (Wildman–Crippen LogP) is 3.81. The minimum atomic E-state index is -0.882. The van der Waals surface area contributed by atoms with Crippen molar-refractivity contribution >= 4 is 11.6 Å². The third-order valence-corrected chi connectivity index (χ3v) is 3.20. The second-order valence-corrected chi connectivity index (χ2v) is 4.88. The van der Waals surface area contributed by atoms with Crippen LogP contribution in [-0.2, 0) is 0 Å². The first-order valence-electron chi connectivity index (χ1n) is 6.87. The van der Waals surface area contributed by atoms with Gasteiger partial charge in [0.05, 0.1) is 11.3 Å². The number of amides is 1.